The van der Waals surface area contributed by atoms with E-state index in [1.54, 1.807) is 0 Å². The van der Waals surface area contributed by atoms with Gasteiger partial charge in [-0.05, 0) is 13.3 Å². The molecule has 0 aromatic carbocycles. The van der Waals surface area contributed by atoms with Crippen LogP contribution < -0.4 is 5.32 Å². The first kappa shape index (κ1) is 11.2. The largest absolute Gasteiger partial charge is 0.392 e. The summed E-state index contributed by atoms with van der Waals surface area (Å²) in [6, 6.07) is -0.00986. The molecule has 0 saturated heterocycles. The first-order valence-electron chi connectivity index (χ1n) is 4.81. The van der Waals surface area contributed by atoms with E-state index in [2.05, 4.69) is 5.32 Å². The van der Waals surface area contributed by atoms with Crippen LogP contribution in [-0.2, 0) is 9.59 Å². The molecule has 1 aliphatic rings. The van der Waals surface area contributed by atoms with Crippen LogP contribution in [0.2, 0.25) is 0 Å². The van der Waals surface area contributed by atoms with Crippen LogP contribution in [0.25, 0.3) is 0 Å². The van der Waals surface area contributed by atoms with Crippen molar-refractivity contribution in [2.75, 3.05) is 0 Å². The maximum absolute atomic E-state index is 11.2. The number of rotatable bonds is 3. The van der Waals surface area contributed by atoms with E-state index in [0.29, 0.717) is 6.42 Å². The van der Waals surface area contributed by atoms with Gasteiger partial charge in [0.1, 0.15) is 5.78 Å². The molecular formula is C10H17NO3. The van der Waals surface area contributed by atoms with E-state index in [1.165, 1.54) is 6.92 Å². The van der Waals surface area contributed by atoms with Gasteiger partial charge in [-0.15, -0.1) is 0 Å². The Hall–Kier alpha value is -0.900. The van der Waals surface area contributed by atoms with Gasteiger partial charge in [-0.25, -0.2) is 0 Å². The molecule has 1 fully saturated rings. The van der Waals surface area contributed by atoms with E-state index in [-0.39, 0.29) is 35.7 Å². The van der Waals surface area contributed by atoms with Gasteiger partial charge in [0.2, 0.25) is 5.91 Å². The summed E-state index contributed by atoms with van der Waals surface area (Å²) in [6.45, 7) is 5.19. The quantitative estimate of drug-likeness (QED) is 0.640. The monoisotopic (exact) mass is 199 g/mol. The predicted molar refractivity (Wildman–Crippen MR) is 51.6 cm³/mol. The van der Waals surface area contributed by atoms with Gasteiger partial charge < -0.3 is 10.4 Å². The lowest BCUT2D eigenvalue weighted by Crippen LogP contribution is -2.61. The second kappa shape index (κ2) is 3.69. The Morgan fingerprint density at radius 2 is 2.07 bits per heavy atom. The Morgan fingerprint density at radius 1 is 1.50 bits per heavy atom. The fourth-order valence-corrected chi connectivity index (χ4v) is 1.62. The molecule has 0 spiro atoms. The Labute approximate surface area is 83.7 Å². The minimum Gasteiger partial charge on any atom is -0.392 e. The molecule has 80 valence electrons. The van der Waals surface area contributed by atoms with Gasteiger partial charge in [0, 0.05) is 11.5 Å². The van der Waals surface area contributed by atoms with E-state index >= 15 is 0 Å². The minimum absolute atomic E-state index is 0.00986. The fourth-order valence-electron chi connectivity index (χ4n) is 1.62. The zero-order valence-electron chi connectivity index (χ0n) is 8.83. The molecule has 4 heteroatoms. The lowest BCUT2D eigenvalue weighted by Gasteiger charge is -2.49. The van der Waals surface area contributed by atoms with Crippen LogP contribution in [-0.4, -0.2) is 28.9 Å². The van der Waals surface area contributed by atoms with Crippen molar-refractivity contribution < 1.29 is 14.7 Å². The Bertz CT molecular complexity index is 260. The number of aliphatic hydroxyl groups is 1. The predicted octanol–water partition coefficient (Wildman–Crippen LogP) is 0.241. The van der Waals surface area contributed by atoms with Gasteiger partial charge in [0.15, 0.2) is 0 Å². The third-order valence-corrected chi connectivity index (χ3v) is 2.96. The van der Waals surface area contributed by atoms with E-state index in [1.807, 2.05) is 13.8 Å². The SMILES string of the molecule is CC(=O)CC(=O)NC1CC(O)C1(C)C. The molecule has 1 aliphatic carbocycles. The summed E-state index contributed by atoms with van der Waals surface area (Å²) >= 11 is 0. The summed E-state index contributed by atoms with van der Waals surface area (Å²) in [7, 11) is 0. The maximum Gasteiger partial charge on any atom is 0.227 e. The van der Waals surface area contributed by atoms with Crippen molar-refractivity contribution in [1.82, 2.24) is 5.32 Å². The lowest BCUT2D eigenvalue weighted by atomic mass is 9.64. The number of nitrogens with one attached hydrogen (secondary N) is 1. The van der Waals surface area contributed by atoms with Crippen LogP contribution in [0.15, 0.2) is 0 Å². The fraction of sp³-hybridized carbons (Fsp3) is 0.800. The molecule has 0 aromatic rings. The molecule has 0 aromatic heterocycles. The number of aliphatic hydroxyl groups excluding tert-OH is 1. The number of ketones is 1. The summed E-state index contributed by atoms with van der Waals surface area (Å²) in [6.07, 6.45) is 0.157. The molecule has 2 N–H and O–H groups in total. The van der Waals surface area contributed by atoms with Crippen LogP contribution in [0, 0.1) is 5.41 Å². The van der Waals surface area contributed by atoms with Crippen molar-refractivity contribution in [3.8, 4) is 0 Å². The molecule has 2 unspecified atom stereocenters. The maximum atomic E-state index is 11.2. The highest BCUT2D eigenvalue weighted by atomic mass is 16.3. The number of carbonyl (C=O) groups is 2. The van der Waals surface area contributed by atoms with Gasteiger partial charge in [-0.3, -0.25) is 9.59 Å². The Balaban J connectivity index is 2.40. The van der Waals surface area contributed by atoms with Crippen LogP contribution in [0.5, 0.6) is 0 Å². The summed E-state index contributed by atoms with van der Waals surface area (Å²) in [5, 5.41) is 12.2. The van der Waals surface area contributed by atoms with Crippen LogP contribution in [0.1, 0.15) is 33.6 Å². The van der Waals surface area contributed by atoms with Crippen molar-refractivity contribution in [3.05, 3.63) is 0 Å². The van der Waals surface area contributed by atoms with E-state index in [0.717, 1.165) is 0 Å². The zero-order valence-corrected chi connectivity index (χ0v) is 8.83. The van der Waals surface area contributed by atoms with Crippen LogP contribution >= 0.6 is 0 Å². The summed E-state index contributed by atoms with van der Waals surface area (Å²) in [4.78, 5) is 21.9. The molecule has 4 nitrogen and oxygen atoms in total. The highest BCUT2D eigenvalue weighted by Crippen LogP contribution is 2.40. The second-order valence-electron chi connectivity index (χ2n) is 4.57. The molecule has 0 bridgehead atoms. The summed E-state index contributed by atoms with van der Waals surface area (Å²) in [5.41, 5.74) is -0.271. The minimum atomic E-state index is -0.356. The van der Waals surface area contributed by atoms with Gasteiger partial charge in [-0.1, -0.05) is 13.8 Å². The average molecular weight is 199 g/mol. The molecule has 1 amide bonds. The number of amides is 1. The normalized spacial score (nSPS) is 29.1. The molecule has 0 aliphatic heterocycles. The first-order chi connectivity index (χ1) is 6.34. The second-order valence-corrected chi connectivity index (χ2v) is 4.57. The number of hydrogen-bond acceptors (Lipinski definition) is 3. The topological polar surface area (TPSA) is 66.4 Å². The molecule has 14 heavy (non-hydrogen) atoms. The van der Waals surface area contributed by atoms with Gasteiger partial charge in [0.25, 0.3) is 0 Å². The smallest absolute Gasteiger partial charge is 0.227 e. The van der Waals surface area contributed by atoms with E-state index < -0.39 is 0 Å². The highest BCUT2D eigenvalue weighted by molar-refractivity contribution is 5.96. The third-order valence-electron chi connectivity index (χ3n) is 2.96. The first-order valence-corrected chi connectivity index (χ1v) is 4.81. The lowest BCUT2D eigenvalue weighted by molar-refractivity contribution is -0.132. The number of Topliss-reactive ketones (excluding diaryl/α,β-unsaturated/α-hetero) is 1. The summed E-state index contributed by atoms with van der Waals surface area (Å²) < 4.78 is 0. The van der Waals surface area contributed by atoms with Crippen molar-refractivity contribution in [1.29, 1.82) is 0 Å². The number of hydrogen-bond donors (Lipinski definition) is 2. The number of carbonyl (C=O) groups excluding carboxylic acids is 2. The molecular weight excluding hydrogens is 182 g/mol. The standard InChI is InChI=1S/C10H17NO3/c1-6(12)4-9(14)11-7-5-8(13)10(7,2)3/h7-8,13H,4-5H2,1-3H3,(H,11,14). The zero-order chi connectivity index (χ0) is 10.9. The van der Waals surface area contributed by atoms with Crippen molar-refractivity contribution >= 4 is 11.7 Å². The van der Waals surface area contributed by atoms with Crippen LogP contribution in [0.4, 0.5) is 0 Å². The molecule has 0 heterocycles. The Morgan fingerprint density at radius 3 is 2.43 bits per heavy atom. The Kier molecular flexibility index (Phi) is 2.95. The third kappa shape index (κ3) is 2.12. The molecule has 1 saturated carbocycles. The van der Waals surface area contributed by atoms with E-state index in [4.69, 9.17) is 0 Å². The van der Waals surface area contributed by atoms with Crippen molar-refractivity contribution in [2.45, 2.75) is 45.8 Å². The van der Waals surface area contributed by atoms with Crippen LogP contribution in [0.3, 0.4) is 0 Å². The van der Waals surface area contributed by atoms with Gasteiger partial charge >= 0.3 is 0 Å². The van der Waals surface area contributed by atoms with Gasteiger partial charge in [0.05, 0.1) is 12.5 Å². The van der Waals surface area contributed by atoms with E-state index in [9.17, 15) is 14.7 Å². The molecule has 1 rings (SSSR count). The van der Waals surface area contributed by atoms with Crippen molar-refractivity contribution in [3.63, 3.8) is 0 Å². The highest BCUT2D eigenvalue weighted by Gasteiger charge is 2.47. The summed E-state index contributed by atoms with van der Waals surface area (Å²) in [5.74, 6) is -0.386. The van der Waals surface area contributed by atoms with Gasteiger partial charge in [-0.2, -0.15) is 0 Å². The molecule has 2 atom stereocenters. The van der Waals surface area contributed by atoms with Crippen molar-refractivity contribution in [2.24, 2.45) is 5.41 Å². The average Bonchev–Trinajstić information content (AvgIpc) is 2.02. The molecule has 0 radical (unpaired) electrons.